The van der Waals surface area contributed by atoms with Gasteiger partial charge in [0.25, 0.3) is 0 Å². The monoisotopic (exact) mass is 430 g/mol. The highest BCUT2D eigenvalue weighted by Gasteiger charge is 2.35. The molecule has 122 valence electrons. The number of halogens is 2. The van der Waals surface area contributed by atoms with Crippen molar-refractivity contribution in [2.45, 2.75) is 18.9 Å². The lowest BCUT2D eigenvalue weighted by molar-refractivity contribution is 0.518. The maximum atomic E-state index is 6.05. The molecule has 0 amide bonds. The number of nitrogens with one attached hydrogen (secondary N) is 4. The lowest BCUT2D eigenvalue weighted by Gasteiger charge is -2.22. The van der Waals surface area contributed by atoms with E-state index in [0.717, 1.165) is 16.6 Å². The van der Waals surface area contributed by atoms with Gasteiger partial charge in [-0.15, -0.1) is 0 Å². The maximum Gasteiger partial charge on any atom is 0.189 e. The molecule has 0 saturated heterocycles. The van der Waals surface area contributed by atoms with Gasteiger partial charge in [0, 0.05) is 16.2 Å². The van der Waals surface area contributed by atoms with Gasteiger partial charge in [-0.2, -0.15) is 0 Å². The molecule has 2 aliphatic carbocycles. The molecule has 1 saturated carbocycles. The van der Waals surface area contributed by atoms with E-state index in [2.05, 4.69) is 49.6 Å². The Morgan fingerprint density at radius 3 is 2.57 bits per heavy atom. The Hall–Kier alpha value is -0.890. The zero-order valence-electron chi connectivity index (χ0n) is 12.1. The topological polar surface area (TPSA) is 48.1 Å². The summed E-state index contributed by atoms with van der Waals surface area (Å²) in [6.07, 6.45) is 6.96. The average Bonchev–Trinajstić information content (AvgIpc) is 3.12. The van der Waals surface area contributed by atoms with Gasteiger partial charge in [0.2, 0.25) is 0 Å². The van der Waals surface area contributed by atoms with Crippen LogP contribution in [-0.4, -0.2) is 16.3 Å². The van der Waals surface area contributed by atoms with E-state index in [9.17, 15) is 0 Å². The first-order valence-corrected chi connectivity index (χ1v) is 9.27. The van der Waals surface area contributed by atoms with E-state index >= 15 is 0 Å². The van der Waals surface area contributed by atoms with Gasteiger partial charge >= 0.3 is 0 Å². The average molecular weight is 432 g/mol. The number of fused-ring (bicyclic) bond motifs is 2. The van der Waals surface area contributed by atoms with Gasteiger partial charge in [0.15, 0.2) is 10.2 Å². The number of hydrazine groups is 1. The Kier molecular flexibility index (Phi) is 5.41. The molecule has 0 spiro atoms. The predicted molar refractivity (Wildman–Crippen MR) is 107 cm³/mol. The fourth-order valence-electron chi connectivity index (χ4n) is 3.00. The van der Waals surface area contributed by atoms with Gasteiger partial charge in [-0.1, -0.05) is 23.8 Å². The van der Waals surface area contributed by atoms with E-state index in [1.54, 1.807) is 6.07 Å². The van der Waals surface area contributed by atoms with Gasteiger partial charge in [0.1, 0.15) is 0 Å². The molecular weight excluding hydrogens is 416 g/mol. The third-order valence-corrected chi connectivity index (χ3v) is 5.72. The lowest BCUT2D eigenvalue weighted by atomic mass is 10.0. The second kappa shape index (κ2) is 7.34. The summed E-state index contributed by atoms with van der Waals surface area (Å²) in [7, 11) is 0. The minimum Gasteiger partial charge on any atom is -0.358 e. The molecule has 2 aliphatic rings. The van der Waals surface area contributed by atoms with E-state index < -0.39 is 0 Å². The molecule has 3 rings (SSSR count). The summed E-state index contributed by atoms with van der Waals surface area (Å²) >= 11 is 19.9. The fourth-order valence-corrected chi connectivity index (χ4v) is 3.80. The number of anilines is 1. The van der Waals surface area contributed by atoms with Crippen molar-refractivity contribution in [1.82, 2.24) is 16.2 Å². The second-order valence-corrected chi connectivity index (χ2v) is 7.77. The zero-order valence-corrected chi connectivity index (χ0v) is 16.1. The minimum absolute atomic E-state index is 0.415. The van der Waals surface area contributed by atoms with Crippen molar-refractivity contribution in [2.75, 3.05) is 5.32 Å². The fraction of sp³-hybridized carbons (Fsp3) is 0.333. The summed E-state index contributed by atoms with van der Waals surface area (Å²) in [5.41, 5.74) is 6.59. The van der Waals surface area contributed by atoms with Gasteiger partial charge in [-0.25, -0.2) is 0 Å². The van der Waals surface area contributed by atoms with Crippen molar-refractivity contribution in [1.29, 1.82) is 0 Å². The maximum absolute atomic E-state index is 6.05. The van der Waals surface area contributed by atoms with Crippen LogP contribution in [-0.2, 0) is 0 Å². The van der Waals surface area contributed by atoms with Gasteiger partial charge in [-0.3, -0.25) is 10.9 Å². The third-order valence-electron chi connectivity index (χ3n) is 4.06. The van der Waals surface area contributed by atoms with Crippen LogP contribution < -0.4 is 21.5 Å². The highest BCUT2D eigenvalue weighted by atomic mass is 79.9. The van der Waals surface area contributed by atoms with Crippen molar-refractivity contribution in [3.63, 3.8) is 0 Å². The number of hydrogen-bond donors (Lipinski definition) is 4. The van der Waals surface area contributed by atoms with E-state index in [1.807, 2.05) is 12.1 Å². The Morgan fingerprint density at radius 2 is 1.91 bits per heavy atom. The van der Waals surface area contributed by atoms with Crippen molar-refractivity contribution < 1.29 is 0 Å². The number of rotatable bonds is 2. The van der Waals surface area contributed by atoms with Crippen molar-refractivity contribution in [2.24, 2.45) is 11.8 Å². The number of benzene rings is 1. The molecular formula is C15H16BrClN4S2. The highest BCUT2D eigenvalue weighted by Crippen LogP contribution is 2.38. The van der Waals surface area contributed by atoms with E-state index in [-0.39, 0.29) is 0 Å². The summed E-state index contributed by atoms with van der Waals surface area (Å²) in [5, 5.41) is 7.96. The Labute approximate surface area is 159 Å². The van der Waals surface area contributed by atoms with Gasteiger partial charge < -0.3 is 10.6 Å². The van der Waals surface area contributed by atoms with Crippen LogP contribution >= 0.6 is 52.0 Å². The standard InChI is InChI=1S/C15H16BrClN4S2/c16-11-4-3-10(7-12(11)17)18-14(22)20-21-15(23)19-13-6-8-1-2-9(13)5-8/h1-4,7-9,13H,5-6H2,(H2,18,20,22)(H2,19,21,23)/t8-,9+,13+/m0/s1. The summed E-state index contributed by atoms with van der Waals surface area (Å²) in [5.74, 6) is 1.30. The van der Waals surface area contributed by atoms with Crippen molar-refractivity contribution >= 4 is 67.9 Å². The van der Waals surface area contributed by atoms with Crippen LogP contribution in [0.4, 0.5) is 5.69 Å². The predicted octanol–water partition coefficient (Wildman–Crippen LogP) is 3.73. The lowest BCUT2D eigenvalue weighted by Crippen LogP contribution is -2.51. The van der Waals surface area contributed by atoms with Crippen LogP contribution in [0.15, 0.2) is 34.8 Å². The molecule has 0 heterocycles. The molecule has 4 nitrogen and oxygen atoms in total. The van der Waals surface area contributed by atoms with Crippen molar-refractivity contribution in [3.8, 4) is 0 Å². The van der Waals surface area contributed by atoms with Gasteiger partial charge in [0.05, 0.1) is 5.02 Å². The summed E-state index contributed by atoms with van der Waals surface area (Å²) in [4.78, 5) is 0. The van der Waals surface area contributed by atoms with Crippen LogP contribution in [0.2, 0.25) is 5.02 Å². The quantitative estimate of drug-likeness (QED) is 0.325. The number of thiocarbonyl (C=S) groups is 2. The van der Waals surface area contributed by atoms with E-state index in [0.29, 0.717) is 33.1 Å². The number of allylic oxidation sites excluding steroid dienone is 1. The molecule has 3 atom stereocenters. The first-order valence-electron chi connectivity index (χ1n) is 7.28. The summed E-state index contributed by atoms with van der Waals surface area (Å²) in [6.45, 7) is 0. The minimum atomic E-state index is 0.415. The molecule has 1 aromatic carbocycles. The summed E-state index contributed by atoms with van der Waals surface area (Å²) < 4.78 is 0.840. The zero-order chi connectivity index (χ0) is 16.4. The Bertz CT molecular complexity index is 667. The molecule has 1 aromatic rings. The largest absolute Gasteiger partial charge is 0.358 e. The highest BCUT2D eigenvalue weighted by molar-refractivity contribution is 9.10. The van der Waals surface area contributed by atoms with Crippen LogP contribution in [0, 0.1) is 11.8 Å². The SMILES string of the molecule is S=C(NNC(=S)N[C@@H]1C[C@H]2C=C[C@@H]1C2)Nc1ccc(Br)c(Cl)c1. The Balaban J connectivity index is 1.42. The van der Waals surface area contributed by atoms with Crippen LogP contribution in [0.1, 0.15) is 12.8 Å². The number of hydrogen-bond acceptors (Lipinski definition) is 2. The first-order chi connectivity index (χ1) is 11.0. The summed E-state index contributed by atoms with van der Waals surface area (Å²) in [6, 6.07) is 5.94. The van der Waals surface area contributed by atoms with E-state index in [4.69, 9.17) is 36.0 Å². The van der Waals surface area contributed by atoms with Crippen molar-refractivity contribution in [3.05, 3.63) is 39.8 Å². The molecule has 1 fully saturated rings. The smallest absolute Gasteiger partial charge is 0.189 e. The molecule has 4 N–H and O–H groups in total. The Morgan fingerprint density at radius 1 is 1.13 bits per heavy atom. The van der Waals surface area contributed by atoms with Crippen LogP contribution in [0.25, 0.3) is 0 Å². The van der Waals surface area contributed by atoms with Crippen LogP contribution in [0.3, 0.4) is 0 Å². The molecule has 0 unspecified atom stereocenters. The molecule has 2 bridgehead atoms. The van der Waals surface area contributed by atoms with E-state index in [1.165, 1.54) is 6.42 Å². The normalized spacial score (nSPS) is 24.3. The molecule has 23 heavy (non-hydrogen) atoms. The molecule has 8 heteroatoms. The molecule has 0 aliphatic heterocycles. The molecule has 0 radical (unpaired) electrons. The third kappa shape index (κ3) is 4.35. The first kappa shape index (κ1) is 17.0. The van der Waals surface area contributed by atoms with Gasteiger partial charge in [-0.05, 0) is 83.2 Å². The molecule has 0 aromatic heterocycles. The van der Waals surface area contributed by atoms with Crippen LogP contribution in [0.5, 0.6) is 0 Å². The second-order valence-electron chi connectivity index (χ2n) is 5.69.